The van der Waals surface area contributed by atoms with Crippen LogP contribution in [0.1, 0.15) is 82.4 Å². The standard InChI is InChI=1S/C49H51ClFN5O6/c50-21-18-39(32-4-2-1-3-5-32)46(33-6-12-37(57)13-7-33)34-8-14-38(15-9-34)62-25-24-53-22-19-31(20-23-53)28-55-35-10-11-36(55)30-54(29-35)44-27-41-40(26-42(44)51)48(60)56(49(41)61)43-16-17-45(58)52-47(43)59/h1-9,12-15,26-27,31,35-36,43,57H,10-11,16-25,28-30H2,(H,52,58,59). The number of carbonyl (C=O) groups excluding carboxylic acids is 4. The van der Waals surface area contributed by atoms with Gasteiger partial charge in [0.2, 0.25) is 11.8 Å². The summed E-state index contributed by atoms with van der Waals surface area (Å²) in [5.74, 6) is -0.914. The highest BCUT2D eigenvalue weighted by Crippen LogP contribution is 2.39. The van der Waals surface area contributed by atoms with Gasteiger partial charge >= 0.3 is 0 Å². The number of anilines is 1. The van der Waals surface area contributed by atoms with Crippen LogP contribution < -0.4 is 15.0 Å². The van der Waals surface area contributed by atoms with Gasteiger partial charge in [-0.3, -0.25) is 39.2 Å². The van der Waals surface area contributed by atoms with Gasteiger partial charge in [0, 0.05) is 50.6 Å². The van der Waals surface area contributed by atoms with Crippen LogP contribution in [-0.2, 0) is 9.59 Å². The maximum absolute atomic E-state index is 15.7. The predicted molar refractivity (Wildman–Crippen MR) is 236 cm³/mol. The minimum Gasteiger partial charge on any atom is -0.508 e. The molecular formula is C49H51ClFN5O6. The molecule has 4 aromatic rings. The molecule has 4 amide bonds. The molecule has 5 aliphatic heterocycles. The Morgan fingerprint density at radius 2 is 1.44 bits per heavy atom. The molecule has 11 nitrogen and oxygen atoms in total. The number of fused-ring (bicyclic) bond motifs is 3. The van der Waals surface area contributed by atoms with Gasteiger partial charge in [0.05, 0.1) is 16.8 Å². The van der Waals surface area contributed by atoms with Crippen molar-refractivity contribution in [3.05, 3.63) is 125 Å². The van der Waals surface area contributed by atoms with Crippen molar-refractivity contribution in [1.82, 2.24) is 20.0 Å². The largest absolute Gasteiger partial charge is 0.508 e. The average Bonchev–Trinajstić information content (AvgIpc) is 3.64. The van der Waals surface area contributed by atoms with Crippen molar-refractivity contribution in [2.24, 2.45) is 5.92 Å². The number of halogens is 2. The second-order valence-electron chi connectivity index (χ2n) is 17.1. The number of piperidine rings is 2. The molecule has 0 radical (unpaired) electrons. The zero-order valence-corrected chi connectivity index (χ0v) is 35.4. The molecule has 3 atom stereocenters. The summed E-state index contributed by atoms with van der Waals surface area (Å²) in [6.07, 6.45) is 5.04. The molecule has 2 bridgehead atoms. The molecule has 4 fully saturated rings. The number of rotatable bonds is 13. The van der Waals surface area contributed by atoms with Crippen LogP contribution in [0.4, 0.5) is 10.1 Å². The van der Waals surface area contributed by atoms with E-state index in [-0.39, 0.29) is 41.8 Å². The van der Waals surface area contributed by atoms with Gasteiger partial charge in [0.25, 0.3) is 11.8 Å². The van der Waals surface area contributed by atoms with E-state index in [9.17, 15) is 24.3 Å². The first-order valence-electron chi connectivity index (χ1n) is 21.8. The number of nitrogens with zero attached hydrogens (tertiary/aromatic N) is 4. The maximum atomic E-state index is 15.7. The molecule has 2 N–H and O–H groups in total. The lowest BCUT2D eigenvalue weighted by Gasteiger charge is -2.44. The molecule has 4 aromatic carbocycles. The zero-order chi connectivity index (χ0) is 42.9. The fourth-order valence-electron chi connectivity index (χ4n) is 10.2. The van der Waals surface area contributed by atoms with Gasteiger partial charge in [-0.15, -0.1) is 11.6 Å². The van der Waals surface area contributed by atoms with Crippen LogP contribution in [0, 0.1) is 11.7 Å². The molecule has 0 aromatic heterocycles. The number of alkyl halides is 1. The Morgan fingerprint density at radius 1 is 0.790 bits per heavy atom. The van der Waals surface area contributed by atoms with Crippen LogP contribution in [-0.4, -0.2) is 113 Å². The van der Waals surface area contributed by atoms with E-state index in [1.165, 1.54) is 6.07 Å². The molecule has 0 aliphatic carbocycles. The smallest absolute Gasteiger partial charge is 0.262 e. The summed E-state index contributed by atoms with van der Waals surface area (Å²) >= 11 is 6.33. The Bertz CT molecular complexity index is 2350. The number of likely N-dealkylation sites (tertiary alicyclic amines) is 1. The van der Waals surface area contributed by atoms with Gasteiger partial charge in [0.1, 0.15) is 30.0 Å². The Balaban J connectivity index is 0.770. The monoisotopic (exact) mass is 859 g/mol. The molecular weight excluding hydrogens is 809 g/mol. The van der Waals surface area contributed by atoms with Crippen molar-refractivity contribution in [3.63, 3.8) is 0 Å². The Labute approximate surface area is 366 Å². The number of nitrogens with one attached hydrogen (secondary N) is 1. The number of allylic oxidation sites excluding steroid dienone is 1. The minimum atomic E-state index is -1.09. The van der Waals surface area contributed by atoms with Crippen LogP contribution in [0.3, 0.4) is 0 Å². The maximum Gasteiger partial charge on any atom is 0.262 e. The number of carbonyl (C=O) groups is 4. The average molecular weight is 860 g/mol. The Morgan fingerprint density at radius 3 is 2.08 bits per heavy atom. The van der Waals surface area contributed by atoms with Crippen molar-refractivity contribution >= 4 is 52.1 Å². The number of ether oxygens (including phenoxy) is 1. The third-order valence-corrected chi connectivity index (χ3v) is 13.6. The van der Waals surface area contributed by atoms with E-state index >= 15 is 4.39 Å². The number of amides is 4. The van der Waals surface area contributed by atoms with E-state index in [0.29, 0.717) is 43.6 Å². The van der Waals surface area contributed by atoms with Gasteiger partial charge in [0.15, 0.2) is 0 Å². The van der Waals surface area contributed by atoms with Crippen molar-refractivity contribution < 1.29 is 33.4 Å². The van der Waals surface area contributed by atoms with E-state index in [1.807, 2.05) is 47.4 Å². The summed E-state index contributed by atoms with van der Waals surface area (Å²) in [7, 11) is 0. The summed E-state index contributed by atoms with van der Waals surface area (Å²) < 4.78 is 22.0. The summed E-state index contributed by atoms with van der Waals surface area (Å²) in [5.41, 5.74) is 5.76. The van der Waals surface area contributed by atoms with Crippen LogP contribution >= 0.6 is 11.6 Å². The second-order valence-corrected chi connectivity index (χ2v) is 17.5. The topological polar surface area (TPSA) is 123 Å². The highest BCUT2D eigenvalue weighted by Gasteiger charge is 2.46. The van der Waals surface area contributed by atoms with Crippen molar-refractivity contribution in [2.75, 3.05) is 56.7 Å². The predicted octanol–water partition coefficient (Wildman–Crippen LogP) is 6.96. The quantitative estimate of drug-likeness (QED) is 0.0835. The molecule has 322 valence electrons. The first kappa shape index (κ1) is 41.8. The fraction of sp³-hybridized carbons (Fsp3) is 0.388. The third kappa shape index (κ3) is 8.48. The number of benzene rings is 4. The number of imide groups is 2. The van der Waals surface area contributed by atoms with E-state index in [4.69, 9.17) is 16.3 Å². The number of piperazine rings is 1. The molecule has 4 saturated heterocycles. The van der Waals surface area contributed by atoms with Crippen LogP contribution in [0.2, 0.25) is 0 Å². The fourth-order valence-corrected chi connectivity index (χ4v) is 10.4. The van der Waals surface area contributed by atoms with Gasteiger partial charge in [-0.2, -0.15) is 0 Å². The molecule has 0 spiro atoms. The molecule has 3 unspecified atom stereocenters. The summed E-state index contributed by atoms with van der Waals surface area (Å²) in [6.45, 7) is 5.74. The van der Waals surface area contributed by atoms with Crippen LogP contribution in [0.5, 0.6) is 11.5 Å². The van der Waals surface area contributed by atoms with E-state index in [2.05, 4.69) is 39.4 Å². The third-order valence-electron chi connectivity index (χ3n) is 13.4. The first-order valence-corrected chi connectivity index (χ1v) is 22.3. The summed E-state index contributed by atoms with van der Waals surface area (Å²) in [5, 5.41) is 12.2. The normalized spacial score (nSPS) is 22.5. The number of phenols is 1. The van der Waals surface area contributed by atoms with E-state index in [0.717, 1.165) is 96.4 Å². The molecule has 5 heterocycles. The molecule has 5 aliphatic rings. The SMILES string of the molecule is O=C1CCC(N2C(=O)c3cc(F)c(N4CC5CCC(C4)N5CC4CCN(CCOc5ccc(C(=C(CCCl)c6ccccc6)c6ccc(O)cc6)cc5)CC4)cc3C2=O)C(=O)N1. The lowest BCUT2D eigenvalue weighted by molar-refractivity contribution is -0.136. The number of phenolic OH excluding ortho intramolecular Hbond substituents is 1. The first-order chi connectivity index (χ1) is 30.1. The Kier molecular flexibility index (Phi) is 12.2. The molecule has 13 heteroatoms. The number of hydrogen-bond acceptors (Lipinski definition) is 9. The highest BCUT2D eigenvalue weighted by atomic mass is 35.5. The van der Waals surface area contributed by atoms with Crippen molar-refractivity contribution in [1.29, 1.82) is 0 Å². The van der Waals surface area contributed by atoms with E-state index < -0.39 is 35.5 Å². The Hall–Kier alpha value is -5.56. The number of hydrogen-bond donors (Lipinski definition) is 2. The van der Waals surface area contributed by atoms with Crippen LogP contribution in [0.15, 0.2) is 91.0 Å². The molecule has 62 heavy (non-hydrogen) atoms. The lowest BCUT2D eigenvalue weighted by Crippen LogP contribution is -2.55. The van der Waals surface area contributed by atoms with Crippen LogP contribution in [0.25, 0.3) is 11.1 Å². The summed E-state index contributed by atoms with van der Waals surface area (Å²) in [6, 6.07) is 27.9. The minimum absolute atomic E-state index is 0.0266. The van der Waals surface area contributed by atoms with Gasteiger partial charge in [-0.25, -0.2) is 4.39 Å². The zero-order valence-electron chi connectivity index (χ0n) is 34.6. The molecule has 9 rings (SSSR count). The second kappa shape index (κ2) is 18.0. The van der Waals surface area contributed by atoms with Crippen molar-refractivity contribution in [2.45, 2.75) is 63.1 Å². The highest BCUT2D eigenvalue weighted by molar-refractivity contribution is 6.24. The van der Waals surface area contributed by atoms with Gasteiger partial charge < -0.3 is 14.7 Å². The van der Waals surface area contributed by atoms with Gasteiger partial charge in [-0.1, -0.05) is 54.6 Å². The lowest BCUT2D eigenvalue weighted by atomic mass is 9.88. The number of aromatic hydroxyl groups is 1. The summed E-state index contributed by atoms with van der Waals surface area (Å²) in [4.78, 5) is 58.9. The van der Waals surface area contributed by atoms with Gasteiger partial charge in [-0.05, 0) is 122 Å². The molecule has 0 saturated carbocycles. The van der Waals surface area contributed by atoms with E-state index in [1.54, 1.807) is 12.1 Å². The van der Waals surface area contributed by atoms with Crippen molar-refractivity contribution in [3.8, 4) is 11.5 Å².